The SMILES string of the molecule is CC(C)(C)c1ccc(N(c2cccc(-c3cccc4c3c3ccccc3n4-c3ccccc3)c2)c2ccccc2-c2cccc3cccc(-c4cc(C(C)(C)C)cc(C(C)(C)C)c4)c23)cc1. The van der Waals surface area contributed by atoms with Gasteiger partial charge in [0.15, 0.2) is 0 Å². The van der Waals surface area contributed by atoms with Crippen molar-refractivity contribution >= 4 is 49.6 Å². The third-order valence-electron chi connectivity index (χ3n) is 13.4. The van der Waals surface area contributed by atoms with Crippen LogP contribution in [0.4, 0.5) is 17.1 Å². The fraction of sp³-hybridized carbons (Fsp3) is 0.188. The highest BCUT2D eigenvalue weighted by Gasteiger charge is 2.25. The molecule has 66 heavy (non-hydrogen) atoms. The number of rotatable bonds is 7. The Morgan fingerprint density at radius 1 is 0.348 bits per heavy atom. The van der Waals surface area contributed by atoms with Crippen LogP contribution in [0.5, 0.6) is 0 Å². The molecule has 0 aliphatic heterocycles. The Bertz CT molecular complexity index is 3360. The number of para-hydroxylation sites is 3. The maximum atomic E-state index is 2.47. The first-order valence-corrected chi connectivity index (χ1v) is 23.5. The average molecular weight is 857 g/mol. The highest BCUT2D eigenvalue weighted by atomic mass is 15.1. The maximum Gasteiger partial charge on any atom is 0.0547 e. The first-order valence-electron chi connectivity index (χ1n) is 23.5. The molecule has 1 aromatic heterocycles. The first-order chi connectivity index (χ1) is 31.6. The maximum absolute atomic E-state index is 2.47. The van der Waals surface area contributed by atoms with Gasteiger partial charge in [-0.05, 0) is 126 Å². The van der Waals surface area contributed by atoms with E-state index in [4.69, 9.17) is 0 Å². The van der Waals surface area contributed by atoms with Crippen molar-refractivity contribution in [3.63, 3.8) is 0 Å². The van der Waals surface area contributed by atoms with Crippen molar-refractivity contribution in [3.8, 4) is 39.1 Å². The molecule has 1 heterocycles. The molecule has 0 unspecified atom stereocenters. The standard InChI is InChI=1S/C64H60N2/c1-62(2,3)46-35-37-50(38-36-46)65(51-26-17-23-44(41-51)52-30-20-34-59-61(52)56-28-14-16-33-58(56)66(59)49-24-11-10-12-25-49)57-32-15-13-27-54(57)55-31-19-22-43-21-18-29-53(60(43)55)45-39-47(63(4,5)6)42-48(40-45)64(7,8)9/h10-42H,1-9H3. The van der Waals surface area contributed by atoms with E-state index in [2.05, 4.69) is 272 Å². The zero-order valence-electron chi connectivity index (χ0n) is 39.9. The molecule has 0 bridgehead atoms. The molecule has 0 N–H and O–H groups in total. The summed E-state index contributed by atoms with van der Waals surface area (Å²) in [6.45, 7) is 20.8. The number of fused-ring (bicyclic) bond motifs is 4. The van der Waals surface area contributed by atoms with Gasteiger partial charge >= 0.3 is 0 Å². The zero-order chi connectivity index (χ0) is 46.0. The van der Waals surface area contributed by atoms with Crippen LogP contribution in [0.15, 0.2) is 200 Å². The predicted molar refractivity (Wildman–Crippen MR) is 285 cm³/mol. The van der Waals surface area contributed by atoms with Crippen molar-refractivity contribution in [2.24, 2.45) is 0 Å². The Morgan fingerprint density at radius 3 is 1.58 bits per heavy atom. The van der Waals surface area contributed by atoms with Crippen LogP contribution < -0.4 is 4.90 Å². The molecule has 10 rings (SSSR count). The van der Waals surface area contributed by atoms with E-state index in [1.54, 1.807) is 0 Å². The van der Waals surface area contributed by atoms with Crippen LogP contribution in [-0.4, -0.2) is 4.57 Å². The Hall–Kier alpha value is -7.16. The van der Waals surface area contributed by atoms with Gasteiger partial charge in [0.25, 0.3) is 0 Å². The van der Waals surface area contributed by atoms with Crippen LogP contribution in [0.2, 0.25) is 0 Å². The third kappa shape index (κ3) is 7.79. The highest BCUT2D eigenvalue weighted by molar-refractivity contribution is 6.16. The molecule has 326 valence electrons. The summed E-state index contributed by atoms with van der Waals surface area (Å²) in [4.78, 5) is 2.47. The molecule has 0 fully saturated rings. The van der Waals surface area contributed by atoms with Gasteiger partial charge in [-0.25, -0.2) is 0 Å². The number of nitrogens with zero attached hydrogens (tertiary/aromatic N) is 2. The summed E-state index contributed by atoms with van der Waals surface area (Å²) in [5.41, 5.74) is 18.2. The van der Waals surface area contributed by atoms with Gasteiger partial charge in [-0.2, -0.15) is 0 Å². The lowest BCUT2D eigenvalue weighted by Gasteiger charge is -2.30. The van der Waals surface area contributed by atoms with Crippen LogP contribution in [0, 0.1) is 0 Å². The van der Waals surface area contributed by atoms with Gasteiger partial charge in [-0.1, -0.05) is 208 Å². The van der Waals surface area contributed by atoms with Crippen molar-refractivity contribution < 1.29 is 0 Å². The van der Waals surface area contributed by atoms with Gasteiger partial charge in [-0.3, -0.25) is 0 Å². The molecule has 0 aliphatic carbocycles. The summed E-state index contributed by atoms with van der Waals surface area (Å²) >= 11 is 0. The molecule has 2 nitrogen and oxygen atoms in total. The van der Waals surface area contributed by atoms with Gasteiger partial charge < -0.3 is 9.47 Å². The molecule has 0 atom stereocenters. The number of hydrogen-bond donors (Lipinski definition) is 0. The summed E-state index contributed by atoms with van der Waals surface area (Å²) in [5, 5.41) is 4.98. The second-order valence-electron chi connectivity index (χ2n) is 21.1. The van der Waals surface area contributed by atoms with Gasteiger partial charge in [0, 0.05) is 33.4 Å². The third-order valence-corrected chi connectivity index (χ3v) is 13.4. The highest BCUT2D eigenvalue weighted by Crippen LogP contribution is 2.47. The monoisotopic (exact) mass is 856 g/mol. The van der Waals surface area contributed by atoms with Crippen LogP contribution in [0.25, 0.3) is 71.6 Å². The van der Waals surface area contributed by atoms with E-state index in [1.807, 2.05) is 0 Å². The lowest BCUT2D eigenvalue weighted by atomic mass is 9.78. The first kappa shape index (κ1) is 42.8. The summed E-state index contributed by atoms with van der Waals surface area (Å²) in [6.07, 6.45) is 0. The molecule has 2 heteroatoms. The molecule has 10 aromatic rings. The summed E-state index contributed by atoms with van der Waals surface area (Å²) in [6, 6.07) is 74.6. The molecular weight excluding hydrogens is 797 g/mol. The van der Waals surface area contributed by atoms with Crippen LogP contribution in [-0.2, 0) is 16.2 Å². The van der Waals surface area contributed by atoms with Crippen molar-refractivity contribution in [1.29, 1.82) is 0 Å². The second-order valence-corrected chi connectivity index (χ2v) is 21.1. The number of aromatic nitrogens is 1. The molecule has 9 aromatic carbocycles. The fourth-order valence-corrected chi connectivity index (χ4v) is 9.82. The molecule has 0 radical (unpaired) electrons. The summed E-state index contributed by atoms with van der Waals surface area (Å²) < 4.78 is 2.40. The number of hydrogen-bond acceptors (Lipinski definition) is 1. The van der Waals surface area contributed by atoms with Crippen LogP contribution in [0.1, 0.15) is 79.0 Å². The van der Waals surface area contributed by atoms with E-state index >= 15 is 0 Å². The lowest BCUT2D eigenvalue weighted by molar-refractivity contribution is 0.569. The van der Waals surface area contributed by atoms with Crippen molar-refractivity contribution in [1.82, 2.24) is 4.57 Å². The van der Waals surface area contributed by atoms with E-state index in [9.17, 15) is 0 Å². The lowest BCUT2D eigenvalue weighted by Crippen LogP contribution is -2.16. The van der Waals surface area contributed by atoms with Crippen molar-refractivity contribution in [2.45, 2.75) is 78.6 Å². The number of benzene rings is 9. The van der Waals surface area contributed by atoms with E-state index in [-0.39, 0.29) is 16.2 Å². The normalized spacial score (nSPS) is 12.3. The largest absolute Gasteiger partial charge is 0.310 e. The average Bonchev–Trinajstić information content (AvgIpc) is 3.66. The summed E-state index contributed by atoms with van der Waals surface area (Å²) in [7, 11) is 0. The van der Waals surface area contributed by atoms with E-state index in [1.165, 1.54) is 82.6 Å². The molecule has 0 saturated heterocycles. The Morgan fingerprint density at radius 2 is 0.894 bits per heavy atom. The van der Waals surface area contributed by atoms with Gasteiger partial charge in [0.05, 0.1) is 16.7 Å². The molecule has 0 aliphatic rings. The summed E-state index contributed by atoms with van der Waals surface area (Å²) in [5.74, 6) is 0. The predicted octanol–water partition coefficient (Wildman–Crippen LogP) is 18.3. The minimum Gasteiger partial charge on any atom is -0.310 e. The quantitative estimate of drug-likeness (QED) is 0.155. The van der Waals surface area contributed by atoms with Crippen molar-refractivity contribution in [3.05, 3.63) is 217 Å². The fourth-order valence-electron chi connectivity index (χ4n) is 9.82. The van der Waals surface area contributed by atoms with Gasteiger partial charge in [-0.15, -0.1) is 0 Å². The molecule has 0 amide bonds. The Labute approximate surface area is 391 Å². The van der Waals surface area contributed by atoms with Crippen molar-refractivity contribution in [2.75, 3.05) is 4.90 Å². The van der Waals surface area contributed by atoms with Gasteiger partial charge in [0.2, 0.25) is 0 Å². The second kappa shape index (κ2) is 16.4. The molecular formula is C64H60N2. The minimum atomic E-state index is -0.00189. The Kier molecular flexibility index (Phi) is 10.6. The Balaban J connectivity index is 1.20. The zero-order valence-corrected chi connectivity index (χ0v) is 39.9. The van der Waals surface area contributed by atoms with E-state index < -0.39 is 0 Å². The minimum absolute atomic E-state index is 0.00189. The molecule has 0 saturated carbocycles. The molecule has 0 spiro atoms. The number of anilines is 3. The van der Waals surface area contributed by atoms with Crippen LogP contribution >= 0.6 is 0 Å². The van der Waals surface area contributed by atoms with E-state index in [0.717, 1.165) is 22.7 Å². The topological polar surface area (TPSA) is 8.17 Å². The smallest absolute Gasteiger partial charge is 0.0547 e. The van der Waals surface area contributed by atoms with E-state index in [0.29, 0.717) is 0 Å². The van der Waals surface area contributed by atoms with Gasteiger partial charge in [0.1, 0.15) is 0 Å². The van der Waals surface area contributed by atoms with Crippen LogP contribution in [0.3, 0.4) is 0 Å².